The maximum Gasteiger partial charge on any atom is 0.410 e. The standard InChI is InChI=1S/C21H33NO4.C16H25NO2/c1-16-6-7-18(15-19(16)25-13-12-24-5)14-17-8-10-22(11-9-17)20(23)26-21(2,3)4;1-13-3-4-15(11-14-5-7-17-8-6-14)12-16(13)19-10-9-18-2/h6-7,15,17H,8-14H2,1-5H3;3-4,12,14,17H,5-11H2,1-2H3. The van der Waals surface area contributed by atoms with Crippen molar-refractivity contribution in [3.8, 4) is 11.5 Å². The van der Waals surface area contributed by atoms with E-state index in [2.05, 4.69) is 55.6 Å². The summed E-state index contributed by atoms with van der Waals surface area (Å²) in [4.78, 5) is 14.0. The first-order valence-electron chi connectivity index (χ1n) is 16.7. The van der Waals surface area contributed by atoms with Gasteiger partial charge >= 0.3 is 6.09 Å². The summed E-state index contributed by atoms with van der Waals surface area (Å²) in [5, 5.41) is 3.42. The molecule has 2 aliphatic heterocycles. The molecule has 8 heteroatoms. The van der Waals surface area contributed by atoms with Gasteiger partial charge in [0.05, 0.1) is 13.2 Å². The van der Waals surface area contributed by atoms with Crippen LogP contribution in [0.2, 0.25) is 0 Å². The van der Waals surface area contributed by atoms with Crippen molar-refractivity contribution in [1.29, 1.82) is 0 Å². The molecule has 252 valence electrons. The van der Waals surface area contributed by atoms with Crippen LogP contribution in [0.15, 0.2) is 36.4 Å². The monoisotopic (exact) mass is 626 g/mol. The van der Waals surface area contributed by atoms with Crippen molar-refractivity contribution >= 4 is 6.09 Å². The summed E-state index contributed by atoms with van der Waals surface area (Å²) in [6.45, 7) is 16.1. The fraction of sp³-hybridized carbons (Fsp3) is 0.649. The summed E-state index contributed by atoms with van der Waals surface area (Å²) >= 11 is 0. The zero-order valence-electron chi connectivity index (χ0n) is 28.9. The summed E-state index contributed by atoms with van der Waals surface area (Å²) in [6, 6.07) is 13.0. The number of piperidine rings is 2. The highest BCUT2D eigenvalue weighted by molar-refractivity contribution is 5.68. The lowest BCUT2D eigenvalue weighted by Crippen LogP contribution is -2.42. The second kappa shape index (κ2) is 19.0. The molecule has 2 aliphatic rings. The van der Waals surface area contributed by atoms with Gasteiger partial charge in [0.25, 0.3) is 0 Å². The van der Waals surface area contributed by atoms with E-state index in [1.165, 1.54) is 36.0 Å². The van der Waals surface area contributed by atoms with Crippen molar-refractivity contribution in [2.75, 3.05) is 66.8 Å². The number of carbonyl (C=O) groups is 1. The zero-order valence-corrected chi connectivity index (χ0v) is 28.9. The number of methoxy groups -OCH3 is 2. The van der Waals surface area contributed by atoms with Gasteiger partial charge in [-0.25, -0.2) is 4.79 Å². The number of nitrogens with zero attached hydrogens (tertiary/aromatic N) is 1. The molecule has 4 rings (SSSR count). The largest absolute Gasteiger partial charge is 0.491 e. The summed E-state index contributed by atoms with van der Waals surface area (Å²) in [5.41, 5.74) is 4.59. The number of carbonyl (C=O) groups excluding carboxylic acids is 1. The van der Waals surface area contributed by atoms with E-state index >= 15 is 0 Å². The molecule has 0 aromatic heterocycles. The van der Waals surface area contributed by atoms with E-state index < -0.39 is 5.60 Å². The van der Waals surface area contributed by atoms with Crippen LogP contribution in [-0.4, -0.2) is 83.4 Å². The number of hydrogen-bond donors (Lipinski definition) is 1. The summed E-state index contributed by atoms with van der Waals surface area (Å²) in [5.74, 6) is 3.34. The van der Waals surface area contributed by atoms with Gasteiger partial charge in [-0.3, -0.25) is 0 Å². The van der Waals surface area contributed by atoms with Gasteiger partial charge in [0, 0.05) is 27.3 Å². The van der Waals surface area contributed by atoms with Crippen molar-refractivity contribution in [2.45, 2.75) is 78.7 Å². The predicted octanol–water partition coefficient (Wildman–Crippen LogP) is 6.77. The van der Waals surface area contributed by atoms with Gasteiger partial charge < -0.3 is 33.9 Å². The molecule has 8 nitrogen and oxygen atoms in total. The summed E-state index contributed by atoms with van der Waals surface area (Å²) in [7, 11) is 3.38. The normalized spacial score (nSPS) is 16.1. The van der Waals surface area contributed by atoms with Gasteiger partial charge in [0.15, 0.2) is 0 Å². The first-order valence-corrected chi connectivity index (χ1v) is 16.7. The SMILES string of the molecule is COCCOc1cc(CC2CCN(C(=O)OC(C)(C)C)CC2)ccc1C.COCCOc1cc(CC2CCNCC2)ccc1C. The minimum Gasteiger partial charge on any atom is -0.491 e. The van der Waals surface area contributed by atoms with Gasteiger partial charge in [0.2, 0.25) is 0 Å². The lowest BCUT2D eigenvalue weighted by Gasteiger charge is -2.33. The van der Waals surface area contributed by atoms with Gasteiger partial charge in [-0.2, -0.15) is 0 Å². The Morgan fingerprint density at radius 1 is 0.756 bits per heavy atom. The molecule has 2 aromatic rings. The zero-order chi connectivity index (χ0) is 32.7. The molecule has 0 atom stereocenters. The number of likely N-dealkylation sites (tertiary alicyclic amines) is 1. The van der Waals surface area contributed by atoms with E-state index in [0.29, 0.717) is 32.3 Å². The fourth-order valence-electron chi connectivity index (χ4n) is 5.72. The summed E-state index contributed by atoms with van der Waals surface area (Å²) in [6.07, 6.45) is 6.58. The fourth-order valence-corrected chi connectivity index (χ4v) is 5.72. The number of amides is 1. The highest BCUT2D eigenvalue weighted by Gasteiger charge is 2.27. The number of rotatable bonds is 12. The van der Waals surface area contributed by atoms with Crippen LogP contribution >= 0.6 is 0 Å². The van der Waals surface area contributed by atoms with Crippen LogP contribution in [0.25, 0.3) is 0 Å². The third-order valence-corrected chi connectivity index (χ3v) is 8.37. The quantitative estimate of drug-likeness (QED) is 0.261. The molecular formula is C37H58N2O6. The van der Waals surface area contributed by atoms with Crippen LogP contribution in [0.1, 0.15) is 68.7 Å². The molecular weight excluding hydrogens is 568 g/mol. The maximum atomic E-state index is 12.2. The second-order valence-electron chi connectivity index (χ2n) is 13.4. The van der Waals surface area contributed by atoms with Crippen LogP contribution < -0.4 is 14.8 Å². The minimum atomic E-state index is -0.435. The van der Waals surface area contributed by atoms with Crippen LogP contribution in [-0.2, 0) is 27.1 Å². The summed E-state index contributed by atoms with van der Waals surface area (Å²) < 4.78 is 27.1. The third kappa shape index (κ3) is 13.6. The molecule has 0 spiro atoms. The number of hydrogen-bond acceptors (Lipinski definition) is 7. The van der Waals surface area contributed by atoms with Crippen molar-refractivity contribution in [1.82, 2.24) is 10.2 Å². The maximum absolute atomic E-state index is 12.2. The lowest BCUT2D eigenvalue weighted by atomic mass is 9.90. The number of benzene rings is 2. The molecule has 2 heterocycles. The Labute approximate surface area is 272 Å². The Hall–Kier alpha value is -2.81. The van der Waals surface area contributed by atoms with E-state index in [9.17, 15) is 4.79 Å². The van der Waals surface area contributed by atoms with E-state index in [-0.39, 0.29) is 6.09 Å². The first kappa shape index (κ1) is 36.7. The van der Waals surface area contributed by atoms with Gasteiger partial charge in [-0.15, -0.1) is 0 Å². The van der Waals surface area contributed by atoms with E-state index in [0.717, 1.165) is 68.4 Å². The van der Waals surface area contributed by atoms with Crippen molar-refractivity contribution in [3.63, 3.8) is 0 Å². The lowest BCUT2D eigenvalue weighted by molar-refractivity contribution is 0.0184. The van der Waals surface area contributed by atoms with Crippen LogP contribution in [0, 0.1) is 25.7 Å². The van der Waals surface area contributed by atoms with Crippen LogP contribution in [0.3, 0.4) is 0 Å². The Kier molecular flexibility index (Phi) is 15.5. The number of ether oxygens (including phenoxy) is 5. The average molecular weight is 627 g/mol. The Bertz CT molecular complexity index is 1150. The molecule has 2 saturated heterocycles. The highest BCUT2D eigenvalue weighted by Crippen LogP contribution is 2.27. The number of nitrogens with one attached hydrogen (secondary N) is 1. The molecule has 45 heavy (non-hydrogen) atoms. The Balaban J connectivity index is 0.000000257. The molecule has 0 aliphatic carbocycles. The Morgan fingerprint density at radius 3 is 1.67 bits per heavy atom. The van der Waals surface area contributed by atoms with E-state index in [1.807, 2.05) is 25.7 Å². The third-order valence-electron chi connectivity index (χ3n) is 8.37. The van der Waals surface area contributed by atoms with Crippen LogP contribution in [0.4, 0.5) is 4.79 Å². The average Bonchev–Trinajstić information content (AvgIpc) is 3.01. The van der Waals surface area contributed by atoms with Crippen molar-refractivity contribution in [3.05, 3.63) is 58.7 Å². The van der Waals surface area contributed by atoms with Crippen LogP contribution in [0.5, 0.6) is 11.5 Å². The van der Waals surface area contributed by atoms with Gasteiger partial charge in [-0.05, 0) is 132 Å². The molecule has 2 fully saturated rings. The predicted molar refractivity (Wildman–Crippen MR) is 181 cm³/mol. The number of aryl methyl sites for hydroxylation is 2. The van der Waals surface area contributed by atoms with E-state index in [1.54, 1.807) is 14.2 Å². The molecule has 0 saturated carbocycles. The molecule has 0 radical (unpaired) electrons. The Morgan fingerprint density at radius 2 is 1.22 bits per heavy atom. The minimum absolute atomic E-state index is 0.194. The smallest absolute Gasteiger partial charge is 0.410 e. The van der Waals surface area contributed by atoms with Crippen molar-refractivity contribution in [2.24, 2.45) is 11.8 Å². The molecule has 1 N–H and O–H groups in total. The first-order chi connectivity index (χ1) is 21.6. The molecule has 0 bridgehead atoms. The molecule has 0 unspecified atom stereocenters. The van der Waals surface area contributed by atoms with E-state index in [4.69, 9.17) is 23.7 Å². The van der Waals surface area contributed by atoms with Gasteiger partial charge in [0.1, 0.15) is 30.3 Å². The molecule has 2 aromatic carbocycles. The second-order valence-corrected chi connectivity index (χ2v) is 13.4. The van der Waals surface area contributed by atoms with Gasteiger partial charge in [-0.1, -0.05) is 24.3 Å². The van der Waals surface area contributed by atoms with Crippen molar-refractivity contribution < 1.29 is 28.5 Å². The molecule has 1 amide bonds. The highest BCUT2D eigenvalue weighted by atomic mass is 16.6. The topological polar surface area (TPSA) is 78.5 Å².